The minimum Gasteiger partial charge on any atom is -0.352 e. The highest BCUT2D eigenvalue weighted by atomic mass is 16.1. The summed E-state index contributed by atoms with van der Waals surface area (Å²) in [6, 6.07) is 11.9. The van der Waals surface area contributed by atoms with Crippen LogP contribution < -0.4 is 5.32 Å². The van der Waals surface area contributed by atoms with Crippen LogP contribution in [-0.2, 0) is 11.3 Å². The molecule has 1 aliphatic carbocycles. The second kappa shape index (κ2) is 6.89. The lowest BCUT2D eigenvalue weighted by molar-refractivity contribution is -0.125. The van der Waals surface area contributed by atoms with Crippen molar-refractivity contribution < 1.29 is 4.79 Å². The molecule has 2 aromatic heterocycles. The van der Waals surface area contributed by atoms with E-state index in [1.54, 1.807) is 6.33 Å². The van der Waals surface area contributed by atoms with Gasteiger partial charge in [0.2, 0.25) is 5.91 Å². The topological polar surface area (TPSA) is 59.8 Å². The van der Waals surface area contributed by atoms with Crippen molar-refractivity contribution in [3.05, 3.63) is 66.6 Å². The quantitative estimate of drug-likeness (QED) is 0.745. The molecule has 1 amide bonds. The van der Waals surface area contributed by atoms with E-state index in [-0.39, 0.29) is 11.8 Å². The van der Waals surface area contributed by atoms with Gasteiger partial charge >= 0.3 is 0 Å². The van der Waals surface area contributed by atoms with E-state index in [0.29, 0.717) is 6.54 Å². The first-order valence-electron chi connectivity index (χ1n) is 8.61. The predicted molar refractivity (Wildman–Crippen MR) is 97.2 cm³/mol. The first kappa shape index (κ1) is 15.6. The zero-order valence-corrected chi connectivity index (χ0v) is 13.9. The number of hydrogen-bond acceptors (Lipinski definition) is 3. The summed E-state index contributed by atoms with van der Waals surface area (Å²) >= 11 is 0. The van der Waals surface area contributed by atoms with Gasteiger partial charge in [0.15, 0.2) is 0 Å². The Kier molecular flexibility index (Phi) is 4.29. The molecular weight excluding hydrogens is 312 g/mol. The fourth-order valence-electron chi connectivity index (χ4n) is 3.17. The molecule has 3 aromatic rings. The smallest absolute Gasteiger partial charge is 0.223 e. The van der Waals surface area contributed by atoms with Crippen LogP contribution in [0.2, 0.25) is 0 Å². The van der Waals surface area contributed by atoms with Crippen LogP contribution >= 0.6 is 0 Å². The molecule has 0 saturated carbocycles. The summed E-state index contributed by atoms with van der Waals surface area (Å²) in [5.41, 5.74) is 2.97. The molecule has 5 heteroatoms. The van der Waals surface area contributed by atoms with Crippen LogP contribution in [0.5, 0.6) is 0 Å². The number of nitrogens with zero attached hydrogens (tertiary/aromatic N) is 3. The van der Waals surface area contributed by atoms with Crippen molar-refractivity contribution in [1.82, 2.24) is 19.9 Å². The van der Waals surface area contributed by atoms with Gasteiger partial charge in [0, 0.05) is 18.7 Å². The van der Waals surface area contributed by atoms with Gasteiger partial charge < -0.3 is 5.32 Å². The molecule has 0 saturated heterocycles. The first-order chi connectivity index (χ1) is 12.3. The summed E-state index contributed by atoms with van der Waals surface area (Å²) in [6.45, 7) is 0.511. The molecular formula is C20H20N4O. The van der Waals surface area contributed by atoms with Gasteiger partial charge in [-0.2, -0.15) is 0 Å². The maximum absolute atomic E-state index is 12.2. The number of carbonyl (C=O) groups excluding carboxylic acids is 1. The Labute approximate surface area is 146 Å². The third-order valence-corrected chi connectivity index (χ3v) is 4.62. The summed E-state index contributed by atoms with van der Waals surface area (Å²) in [7, 11) is 0. The number of para-hydroxylation sites is 2. The highest BCUT2D eigenvalue weighted by molar-refractivity contribution is 5.79. The average molecular weight is 332 g/mol. The number of hydrogen-bond donors (Lipinski definition) is 1. The summed E-state index contributed by atoms with van der Waals surface area (Å²) in [6.07, 6.45) is 10.6. The fraction of sp³-hybridized carbons (Fsp3) is 0.250. The van der Waals surface area contributed by atoms with Gasteiger partial charge in [0.25, 0.3) is 0 Å². The van der Waals surface area contributed by atoms with Crippen molar-refractivity contribution in [2.45, 2.75) is 25.8 Å². The van der Waals surface area contributed by atoms with Gasteiger partial charge in [-0.1, -0.05) is 30.4 Å². The van der Waals surface area contributed by atoms with Crippen LogP contribution in [0.15, 0.2) is 61.1 Å². The van der Waals surface area contributed by atoms with Gasteiger partial charge in [-0.05, 0) is 43.0 Å². The number of nitrogens with one attached hydrogen (secondary N) is 1. The highest BCUT2D eigenvalue weighted by Crippen LogP contribution is 2.19. The van der Waals surface area contributed by atoms with Crippen LogP contribution in [0.3, 0.4) is 0 Å². The molecule has 4 rings (SSSR count). The lowest BCUT2D eigenvalue weighted by Gasteiger charge is -2.17. The van der Waals surface area contributed by atoms with Crippen molar-refractivity contribution >= 4 is 16.9 Å². The Morgan fingerprint density at radius 2 is 2.08 bits per heavy atom. The minimum absolute atomic E-state index is 0.106. The lowest BCUT2D eigenvalue weighted by atomic mass is 9.93. The van der Waals surface area contributed by atoms with E-state index in [1.165, 1.54) is 0 Å². The zero-order valence-electron chi connectivity index (χ0n) is 13.9. The molecule has 2 heterocycles. The highest BCUT2D eigenvalue weighted by Gasteiger charge is 2.18. The maximum Gasteiger partial charge on any atom is 0.223 e. The predicted octanol–water partition coefficient (Wildman–Crippen LogP) is 3.39. The number of fused-ring (bicyclic) bond motifs is 1. The van der Waals surface area contributed by atoms with Gasteiger partial charge in [-0.25, -0.2) is 9.97 Å². The molecule has 1 N–H and O–H groups in total. The largest absolute Gasteiger partial charge is 0.352 e. The molecule has 1 aliphatic rings. The van der Waals surface area contributed by atoms with Crippen LogP contribution in [-0.4, -0.2) is 20.4 Å². The van der Waals surface area contributed by atoms with Crippen molar-refractivity contribution in [1.29, 1.82) is 0 Å². The van der Waals surface area contributed by atoms with E-state index in [2.05, 4.69) is 27.4 Å². The molecule has 126 valence electrons. The third kappa shape index (κ3) is 3.31. The van der Waals surface area contributed by atoms with Crippen molar-refractivity contribution in [2.24, 2.45) is 5.92 Å². The molecule has 0 fully saturated rings. The molecule has 0 radical (unpaired) electrons. The molecule has 25 heavy (non-hydrogen) atoms. The summed E-state index contributed by atoms with van der Waals surface area (Å²) < 4.78 is 1.96. The first-order valence-corrected chi connectivity index (χ1v) is 8.61. The number of carbonyl (C=O) groups is 1. The molecule has 5 nitrogen and oxygen atoms in total. The average Bonchev–Trinajstić information content (AvgIpc) is 3.11. The summed E-state index contributed by atoms with van der Waals surface area (Å²) in [5.74, 6) is 1.06. The molecule has 0 aliphatic heterocycles. The standard InChI is InChI=1S/C20H20N4O/c25-20(16-6-2-1-3-7-16)22-13-15-10-11-19(21-12-15)24-14-23-17-8-4-5-9-18(17)24/h1-2,4-5,8-12,14,16H,3,6-7,13H2,(H,22,25). The molecule has 0 spiro atoms. The normalized spacial score (nSPS) is 16.9. The SMILES string of the molecule is O=C(NCc1ccc(-n2cnc3ccccc32)nc1)C1CC=CCC1. The fourth-order valence-corrected chi connectivity index (χ4v) is 3.17. The summed E-state index contributed by atoms with van der Waals surface area (Å²) in [4.78, 5) is 21.1. The van der Waals surface area contributed by atoms with Gasteiger partial charge in [-0.3, -0.25) is 9.36 Å². The van der Waals surface area contributed by atoms with Crippen LogP contribution in [0, 0.1) is 5.92 Å². The van der Waals surface area contributed by atoms with Crippen molar-refractivity contribution in [3.8, 4) is 5.82 Å². The Balaban J connectivity index is 1.43. The number of aromatic nitrogens is 3. The molecule has 1 aromatic carbocycles. The second-order valence-electron chi connectivity index (χ2n) is 6.33. The van der Waals surface area contributed by atoms with Crippen LogP contribution in [0.25, 0.3) is 16.9 Å². The number of imidazole rings is 1. The van der Waals surface area contributed by atoms with E-state index in [9.17, 15) is 4.79 Å². The van der Waals surface area contributed by atoms with E-state index >= 15 is 0 Å². The Bertz CT molecular complexity index is 911. The van der Waals surface area contributed by atoms with Crippen LogP contribution in [0.4, 0.5) is 0 Å². The monoisotopic (exact) mass is 332 g/mol. The van der Waals surface area contributed by atoms with E-state index < -0.39 is 0 Å². The summed E-state index contributed by atoms with van der Waals surface area (Å²) in [5, 5.41) is 3.02. The number of pyridine rings is 1. The van der Waals surface area contributed by atoms with Crippen molar-refractivity contribution in [3.63, 3.8) is 0 Å². The minimum atomic E-state index is 0.106. The Morgan fingerprint density at radius 1 is 1.16 bits per heavy atom. The van der Waals surface area contributed by atoms with Gasteiger partial charge in [0.05, 0.1) is 11.0 Å². The zero-order chi connectivity index (χ0) is 17.1. The molecule has 1 unspecified atom stereocenters. The molecule has 1 atom stereocenters. The van der Waals surface area contributed by atoms with E-state index in [1.807, 2.05) is 47.2 Å². The lowest BCUT2D eigenvalue weighted by Crippen LogP contribution is -2.30. The van der Waals surface area contributed by atoms with Gasteiger partial charge in [0.1, 0.15) is 12.1 Å². The number of rotatable bonds is 4. The number of allylic oxidation sites excluding steroid dienone is 2. The number of benzene rings is 1. The van der Waals surface area contributed by atoms with E-state index in [0.717, 1.165) is 41.7 Å². The molecule has 0 bridgehead atoms. The van der Waals surface area contributed by atoms with Gasteiger partial charge in [-0.15, -0.1) is 0 Å². The van der Waals surface area contributed by atoms with E-state index in [4.69, 9.17) is 0 Å². The maximum atomic E-state index is 12.2. The third-order valence-electron chi connectivity index (χ3n) is 4.62. The number of amides is 1. The Morgan fingerprint density at radius 3 is 2.88 bits per heavy atom. The second-order valence-corrected chi connectivity index (χ2v) is 6.33. The van der Waals surface area contributed by atoms with Crippen LogP contribution in [0.1, 0.15) is 24.8 Å². The Hall–Kier alpha value is -2.95. The van der Waals surface area contributed by atoms with Crippen molar-refractivity contribution in [2.75, 3.05) is 0 Å².